The number of carbonyl (C=O) groups excluding carboxylic acids is 1. The number of alkyl halides is 3. The number of tetrazole rings is 1. The molecule has 1 aliphatic rings. The molecule has 6 nitrogen and oxygen atoms in total. The molecular weight excluding hydrogens is 361 g/mol. The lowest BCUT2D eigenvalue weighted by Crippen LogP contribution is -2.19. The van der Waals surface area contributed by atoms with E-state index in [9.17, 15) is 18.0 Å². The Labute approximate surface area is 154 Å². The molecule has 0 bridgehead atoms. The van der Waals surface area contributed by atoms with Gasteiger partial charge in [-0.15, -0.1) is 5.10 Å². The van der Waals surface area contributed by atoms with Crippen LogP contribution in [0.5, 0.6) is 0 Å². The minimum absolute atomic E-state index is 0.168. The van der Waals surface area contributed by atoms with Crippen LogP contribution in [0.25, 0.3) is 5.69 Å². The number of esters is 1. The molecule has 1 fully saturated rings. The summed E-state index contributed by atoms with van der Waals surface area (Å²) < 4.78 is 47.0. The van der Waals surface area contributed by atoms with Crippen LogP contribution in [-0.4, -0.2) is 33.3 Å². The molecule has 3 rings (SSSR count). The van der Waals surface area contributed by atoms with Crippen LogP contribution in [-0.2, 0) is 15.7 Å². The van der Waals surface area contributed by atoms with Crippen molar-refractivity contribution in [3.8, 4) is 5.69 Å². The van der Waals surface area contributed by atoms with Gasteiger partial charge in [-0.25, -0.2) is 0 Å². The maximum absolute atomic E-state index is 13.7. The highest BCUT2D eigenvalue weighted by Gasteiger charge is 2.37. The highest BCUT2D eigenvalue weighted by atomic mass is 19.4. The number of benzene rings is 1. The van der Waals surface area contributed by atoms with Crippen molar-refractivity contribution in [1.29, 1.82) is 0 Å². The molecule has 146 valence electrons. The van der Waals surface area contributed by atoms with Gasteiger partial charge in [0.15, 0.2) is 5.82 Å². The SMILES string of the molecule is COC(=O)C(CC1CCCC1)c1ccc(-n2nnnc2C)c(C(F)(F)F)c1. The molecule has 0 radical (unpaired) electrons. The van der Waals surface area contributed by atoms with Crippen molar-refractivity contribution < 1.29 is 22.7 Å². The molecule has 2 aromatic rings. The summed E-state index contributed by atoms with van der Waals surface area (Å²) in [5, 5.41) is 10.7. The predicted molar refractivity (Wildman–Crippen MR) is 90.2 cm³/mol. The molecule has 1 aromatic carbocycles. The van der Waals surface area contributed by atoms with E-state index in [1.165, 1.54) is 26.2 Å². The van der Waals surface area contributed by atoms with Crippen LogP contribution in [0.1, 0.15) is 55.0 Å². The van der Waals surface area contributed by atoms with Gasteiger partial charge in [-0.3, -0.25) is 4.79 Å². The van der Waals surface area contributed by atoms with Crippen molar-refractivity contribution in [2.24, 2.45) is 5.92 Å². The molecule has 1 atom stereocenters. The first-order valence-corrected chi connectivity index (χ1v) is 8.85. The van der Waals surface area contributed by atoms with Crippen molar-refractivity contribution in [2.45, 2.75) is 51.1 Å². The number of nitrogens with zero attached hydrogens (tertiary/aromatic N) is 4. The third-order valence-electron chi connectivity index (χ3n) is 5.11. The van der Waals surface area contributed by atoms with E-state index in [0.717, 1.165) is 36.4 Å². The summed E-state index contributed by atoms with van der Waals surface area (Å²) in [6, 6.07) is 3.86. The molecule has 0 aliphatic heterocycles. The van der Waals surface area contributed by atoms with Crippen LogP contribution in [0, 0.1) is 12.8 Å². The van der Waals surface area contributed by atoms with E-state index >= 15 is 0 Å². The van der Waals surface area contributed by atoms with Crippen LogP contribution >= 0.6 is 0 Å². The molecule has 0 spiro atoms. The maximum atomic E-state index is 13.7. The topological polar surface area (TPSA) is 69.9 Å². The lowest BCUT2D eigenvalue weighted by Gasteiger charge is -2.21. The average molecular weight is 382 g/mol. The Morgan fingerprint density at radius 2 is 2.04 bits per heavy atom. The molecule has 1 aliphatic carbocycles. The first-order valence-electron chi connectivity index (χ1n) is 8.85. The van der Waals surface area contributed by atoms with E-state index in [1.54, 1.807) is 0 Å². The molecule has 0 saturated heterocycles. The lowest BCUT2D eigenvalue weighted by atomic mass is 9.87. The van der Waals surface area contributed by atoms with Crippen LogP contribution in [0.4, 0.5) is 13.2 Å². The zero-order chi connectivity index (χ0) is 19.6. The van der Waals surface area contributed by atoms with E-state index in [1.807, 2.05) is 0 Å². The number of rotatable bonds is 5. The lowest BCUT2D eigenvalue weighted by molar-refractivity contribution is -0.143. The van der Waals surface area contributed by atoms with E-state index < -0.39 is 23.6 Å². The summed E-state index contributed by atoms with van der Waals surface area (Å²) in [6.45, 7) is 1.52. The van der Waals surface area contributed by atoms with E-state index in [0.29, 0.717) is 17.9 Å². The Bertz CT molecular complexity index is 813. The smallest absolute Gasteiger partial charge is 0.418 e. The number of methoxy groups -OCH3 is 1. The van der Waals surface area contributed by atoms with Gasteiger partial charge in [-0.05, 0) is 47.4 Å². The van der Waals surface area contributed by atoms with Crippen LogP contribution in [0.2, 0.25) is 0 Å². The molecule has 1 aromatic heterocycles. The van der Waals surface area contributed by atoms with Gasteiger partial charge >= 0.3 is 12.1 Å². The number of ether oxygens (including phenoxy) is 1. The molecule has 1 saturated carbocycles. The summed E-state index contributed by atoms with van der Waals surface area (Å²) >= 11 is 0. The summed E-state index contributed by atoms with van der Waals surface area (Å²) in [5.41, 5.74) is -0.746. The van der Waals surface area contributed by atoms with E-state index in [-0.39, 0.29) is 11.5 Å². The fourth-order valence-electron chi connectivity index (χ4n) is 3.73. The van der Waals surface area contributed by atoms with E-state index in [2.05, 4.69) is 15.5 Å². The summed E-state index contributed by atoms with van der Waals surface area (Å²) in [5.74, 6) is -0.668. The molecule has 0 amide bonds. The highest BCUT2D eigenvalue weighted by Crippen LogP contribution is 2.39. The number of aryl methyl sites for hydroxylation is 1. The zero-order valence-corrected chi connectivity index (χ0v) is 15.2. The first-order chi connectivity index (χ1) is 12.8. The van der Waals surface area contributed by atoms with Crippen LogP contribution in [0.15, 0.2) is 18.2 Å². The van der Waals surface area contributed by atoms with Gasteiger partial charge in [0.05, 0.1) is 24.3 Å². The number of carbonyl (C=O) groups is 1. The van der Waals surface area contributed by atoms with Crippen molar-refractivity contribution in [3.05, 3.63) is 35.2 Å². The summed E-state index contributed by atoms with van der Waals surface area (Å²) in [6.07, 6.45) is 0.0296. The van der Waals surface area contributed by atoms with Gasteiger partial charge in [0.25, 0.3) is 0 Å². The zero-order valence-electron chi connectivity index (χ0n) is 15.2. The number of hydrogen-bond acceptors (Lipinski definition) is 5. The minimum atomic E-state index is -4.61. The van der Waals surface area contributed by atoms with Gasteiger partial charge in [0.1, 0.15) is 0 Å². The Balaban J connectivity index is 2.03. The third-order valence-corrected chi connectivity index (χ3v) is 5.11. The Kier molecular flexibility index (Phi) is 5.48. The molecular formula is C18H21F3N4O2. The second kappa shape index (κ2) is 7.66. The Morgan fingerprint density at radius 1 is 1.33 bits per heavy atom. The van der Waals surface area contributed by atoms with Gasteiger partial charge in [0, 0.05) is 0 Å². The Hall–Kier alpha value is -2.45. The molecule has 27 heavy (non-hydrogen) atoms. The van der Waals surface area contributed by atoms with Crippen molar-refractivity contribution in [1.82, 2.24) is 20.2 Å². The highest BCUT2D eigenvalue weighted by molar-refractivity contribution is 5.78. The second-order valence-corrected chi connectivity index (χ2v) is 6.87. The molecule has 1 unspecified atom stereocenters. The van der Waals surface area contributed by atoms with Crippen LogP contribution < -0.4 is 0 Å². The number of aromatic nitrogens is 4. The predicted octanol–water partition coefficient (Wildman–Crippen LogP) is 3.83. The summed E-state index contributed by atoms with van der Waals surface area (Å²) in [7, 11) is 1.26. The normalized spacial score (nSPS) is 16.5. The number of halogens is 3. The van der Waals surface area contributed by atoms with Gasteiger partial charge in [-0.1, -0.05) is 31.7 Å². The first kappa shape index (κ1) is 19.3. The molecule has 9 heteroatoms. The molecule has 1 heterocycles. The van der Waals surface area contributed by atoms with Gasteiger partial charge in [-0.2, -0.15) is 17.9 Å². The average Bonchev–Trinajstić information content (AvgIpc) is 3.29. The quantitative estimate of drug-likeness (QED) is 0.735. The van der Waals surface area contributed by atoms with Crippen LogP contribution in [0.3, 0.4) is 0 Å². The largest absolute Gasteiger partial charge is 0.469 e. The number of hydrogen-bond donors (Lipinski definition) is 0. The minimum Gasteiger partial charge on any atom is -0.469 e. The second-order valence-electron chi connectivity index (χ2n) is 6.87. The molecule has 0 N–H and O–H groups in total. The van der Waals surface area contributed by atoms with Gasteiger partial charge < -0.3 is 4.74 Å². The van der Waals surface area contributed by atoms with Crippen molar-refractivity contribution in [3.63, 3.8) is 0 Å². The van der Waals surface area contributed by atoms with E-state index in [4.69, 9.17) is 4.74 Å². The maximum Gasteiger partial charge on any atom is 0.418 e. The van der Waals surface area contributed by atoms with Gasteiger partial charge in [0.2, 0.25) is 0 Å². The fraction of sp³-hybridized carbons (Fsp3) is 0.556. The van der Waals surface area contributed by atoms with Crippen molar-refractivity contribution in [2.75, 3.05) is 7.11 Å². The monoisotopic (exact) mass is 382 g/mol. The third kappa shape index (κ3) is 4.12. The summed E-state index contributed by atoms with van der Waals surface area (Å²) in [4.78, 5) is 12.3. The van der Waals surface area contributed by atoms with Crippen molar-refractivity contribution >= 4 is 5.97 Å². The standard InChI is InChI=1S/C18H21F3N4O2/c1-11-22-23-24-25(11)16-8-7-13(10-15(16)18(19,20)21)14(17(26)27-2)9-12-5-3-4-6-12/h7-8,10,12,14H,3-6,9H2,1-2H3. The Morgan fingerprint density at radius 3 is 2.59 bits per heavy atom. The fourth-order valence-corrected chi connectivity index (χ4v) is 3.73.